The number of aliphatic hydroxyl groups is 2. The summed E-state index contributed by atoms with van der Waals surface area (Å²) in [6, 6.07) is 8.21. The predicted octanol–water partition coefficient (Wildman–Crippen LogP) is 6.80. The number of nitrogens with one attached hydrogen (secondary N) is 2. The number of anilines is 4. The summed E-state index contributed by atoms with van der Waals surface area (Å²) in [6.45, 7) is 2.13. The lowest BCUT2D eigenvalue weighted by atomic mass is 9.86. The van der Waals surface area contributed by atoms with E-state index in [2.05, 4.69) is 54.7 Å². The van der Waals surface area contributed by atoms with Gasteiger partial charge < -0.3 is 35.5 Å². The van der Waals surface area contributed by atoms with E-state index in [-0.39, 0.29) is 30.8 Å². The van der Waals surface area contributed by atoms with E-state index in [4.69, 9.17) is 33.2 Å². The first-order valence-corrected chi connectivity index (χ1v) is 25.3. The Balaban J connectivity index is 0.000000149. The van der Waals surface area contributed by atoms with Crippen LogP contribution in [-0.4, -0.2) is 134 Å². The van der Waals surface area contributed by atoms with E-state index in [1.807, 2.05) is 36.7 Å². The first-order valence-electron chi connectivity index (χ1n) is 22.9. The molecule has 21 heteroatoms. The first-order chi connectivity index (χ1) is 32.9. The largest absolute Gasteiger partial charge is 0.388 e. The van der Waals surface area contributed by atoms with E-state index in [0.29, 0.717) is 46.0 Å². The highest BCUT2D eigenvalue weighted by Gasteiger charge is 2.38. The highest BCUT2D eigenvalue weighted by molar-refractivity contribution is 7.19. The molecule has 68 heavy (non-hydrogen) atoms. The van der Waals surface area contributed by atoms with Gasteiger partial charge in [0.2, 0.25) is 23.7 Å². The second-order valence-corrected chi connectivity index (χ2v) is 21.3. The standard InChI is InChI=1S/C25H28ClN7OS.C22H21ClN6O3S/c1-31(2)16-6-9-32(10-7-16)24(34)15-3-4-18-19-13-27-25(30-23(19)35-22(18)11-15)29-21-12-17-5-8-28-33(17)14-20(21)26;23-15-8-29-12(3-4-25-29)6-16(15)26-22-24-7-14-13-2-1-11(5-19(13)33-20(14)27-22)21(32)28-9-17(30)18(31)10-28/h5,8,12-16H,3-4,6-7,9-11H2,1-2H3,(H,27,29,30);3-4,6-8,11,17-18,30-31H,1-2,5,9-10H2,(H,24,26,27)/t;11?,17-,18-/m.0/s1. The molecule has 8 aromatic rings. The van der Waals surface area contributed by atoms with Crippen molar-refractivity contribution in [2.75, 3.05) is 50.9 Å². The van der Waals surface area contributed by atoms with Crippen molar-refractivity contribution in [2.45, 2.75) is 69.6 Å². The van der Waals surface area contributed by atoms with Gasteiger partial charge in [-0.15, -0.1) is 22.7 Å². The fourth-order valence-electron chi connectivity index (χ4n) is 10.0. The third-order valence-electron chi connectivity index (χ3n) is 13.9. The van der Waals surface area contributed by atoms with Gasteiger partial charge in [0.15, 0.2) is 0 Å². The molecule has 2 aliphatic heterocycles. The van der Waals surface area contributed by atoms with Gasteiger partial charge in [0, 0.05) is 102 Å². The van der Waals surface area contributed by atoms with Gasteiger partial charge in [0.1, 0.15) is 9.66 Å². The summed E-state index contributed by atoms with van der Waals surface area (Å²) in [5, 5.41) is 37.6. The minimum atomic E-state index is -0.859. The van der Waals surface area contributed by atoms with Gasteiger partial charge in [-0.25, -0.2) is 29.0 Å². The molecule has 2 saturated heterocycles. The quantitative estimate of drug-likeness (QED) is 0.130. The lowest BCUT2D eigenvalue weighted by molar-refractivity contribution is -0.137. The number of fused-ring (bicyclic) bond motifs is 8. The molecule has 0 radical (unpaired) electrons. The molecule has 8 aromatic heterocycles. The number of carbonyl (C=O) groups excluding carboxylic acids is 2. The van der Waals surface area contributed by atoms with Crippen LogP contribution >= 0.6 is 45.9 Å². The molecule has 12 rings (SSSR count). The number of hydrogen-bond donors (Lipinski definition) is 4. The van der Waals surface area contributed by atoms with Crippen LogP contribution in [0, 0.1) is 11.8 Å². The lowest BCUT2D eigenvalue weighted by Crippen LogP contribution is -2.47. The summed E-state index contributed by atoms with van der Waals surface area (Å²) in [4.78, 5) is 55.0. The molecule has 0 saturated carbocycles. The second kappa shape index (κ2) is 18.4. The van der Waals surface area contributed by atoms with E-state index < -0.39 is 12.2 Å². The number of carbonyl (C=O) groups is 2. The maximum atomic E-state index is 13.3. The number of amides is 2. The van der Waals surface area contributed by atoms with Crippen LogP contribution in [0.15, 0.2) is 61.4 Å². The summed E-state index contributed by atoms with van der Waals surface area (Å²) >= 11 is 16.1. The van der Waals surface area contributed by atoms with E-state index >= 15 is 0 Å². The topological polar surface area (TPSA) is 195 Å². The van der Waals surface area contributed by atoms with Gasteiger partial charge in [0.25, 0.3) is 0 Å². The number of thiophene rings is 2. The fraction of sp³-hybridized carbons (Fsp3) is 0.404. The smallest absolute Gasteiger partial charge is 0.228 e. The summed E-state index contributed by atoms with van der Waals surface area (Å²) in [5.41, 5.74) is 5.81. The molecule has 10 heterocycles. The summed E-state index contributed by atoms with van der Waals surface area (Å²) in [7, 11) is 4.26. The van der Waals surface area contributed by atoms with Gasteiger partial charge >= 0.3 is 0 Å². The Morgan fingerprint density at radius 3 is 1.65 bits per heavy atom. The van der Waals surface area contributed by atoms with Crippen LogP contribution in [0.25, 0.3) is 31.5 Å². The summed E-state index contributed by atoms with van der Waals surface area (Å²) < 4.78 is 3.43. The van der Waals surface area contributed by atoms with Crippen molar-refractivity contribution in [2.24, 2.45) is 11.8 Å². The van der Waals surface area contributed by atoms with Crippen LogP contribution in [0.2, 0.25) is 10.0 Å². The monoisotopic (exact) mass is 993 g/mol. The zero-order chi connectivity index (χ0) is 46.8. The Morgan fingerprint density at radius 2 is 1.18 bits per heavy atom. The minimum absolute atomic E-state index is 0.00653. The highest BCUT2D eigenvalue weighted by atomic mass is 35.5. The zero-order valence-electron chi connectivity index (χ0n) is 37.3. The average Bonchev–Trinajstić information content (AvgIpc) is 4.19. The van der Waals surface area contributed by atoms with Crippen molar-refractivity contribution in [3.05, 3.63) is 92.4 Å². The third-order valence-corrected chi connectivity index (χ3v) is 16.8. The van der Waals surface area contributed by atoms with Crippen molar-refractivity contribution >= 4 is 112 Å². The van der Waals surface area contributed by atoms with E-state index in [0.717, 1.165) is 100 Å². The molecule has 0 aromatic carbocycles. The molecule has 4 aliphatic rings. The number of piperidine rings is 1. The molecule has 2 fully saturated rings. The SMILES string of the molecule is CN(C)C1CCN(C(=O)C2CCc3c(sc4nc(Nc5cc6ccnn6cc5Cl)ncc34)C2)CC1.O=C(C1CCc2c(sc3nc(Nc4cc5ccnn5cc4Cl)ncc23)C1)N1C[C@H](O)[C@@H](O)C1. The van der Waals surface area contributed by atoms with Crippen LogP contribution in [0.5, 0.6) is 0 Å². The number of aryl methyl sites for hydroxylation is 2. The second-order valence-electron chi connectivity index (χ2n) is 18.3. The maximum Gasteiger partial charge on any atom is 0.228 e. The summed E-state index contributed by atoms with van der Waals surface area (Å²) in [6.07, 6.45) is 15.8. The lowest BCUT2D eigenvalue weighted by Gasteiger charge is -2.37. The van der Waals surface area contributed by atoms with Gasteiger partial charge in [0.05, 0.1) is 44.7 Å². The van der Waals surface area contributed by atoms with Crippen molar-refractivity contribution in [3.63, 3.8) is 0 Å². The van der Waals surface area contributed by atoms with Crippen LogP contribution in [0.1, 0.15) is 46.6 Å². The average molecular weight is 995 g/mol. The Kier molecular flexibility index (Phi) is 12.2. The van der Waals surface area contributed by atoms with E-state index in [9.17, 15) is 19.8 Å². The molecule has 0 spiro atoms. The van der Waals surface area contributed by atoms with Crippen molar-refractivity contribution in [3.8, 4) is 0 Å². The Morgan fingerprint density at radius 1 is 0.706 bits per heavy atom. The van der Waals surface area contributed by atoms with E-state index in [1.165, 1.54) is 16.0 Å². The molecule has 4 atom stereocenters. The van der Waals surface area contributed by atoms with Crippen molar-refractivity contribution in [1.82, 2.24) is 53.9 Å². The Hall–Kier alpha value is -5.54. The van der Waals surface area contributed by atoms with Gasteiger partial charge in [-0.05, 0) is 101 Å². The van der Waals surface area contributed by atoms with E-state index in [1.54, 1.807) is 61.4 Å². The number of nitrogens with zero attached hydrogens (tertiary/aromatic N) is 11. The molecule has 352 valence electrons. The third kappa shape index (κ3) is 8.73. The van der Waals surface area contributed by atoms with Crippen molar-refractivity contribution in [1.29, 1.82) is 0 Å². The molecule has 0 bridgehead atoms. The molecular formula is C47H49Cl2N13O4S2. The van der Waals surface area contributed by atoms with Crippen LogP contribution in [0.4, 0.5) is 23.3 Å². The molecule has 2 aliphatic carbocycles. The molecule has 2 unspecified atom stereocenters. The molecule has 17 nitrogen and oxygen atoms in total. The Labute approximate surface area is 408 Å². The van der Waals surface area contributed by atoms with Gasteiger partial charge in [-0.1, -0.05) is 23.2 Å². The number of β-amino-alcohol motifs (C(OH)–C–C–N with tert-alkyl or cyclic N) is 2. The number of halogens is 2. The fourth-order valence-corrected chi connectivity index (χ4v) is 13.0. The first kappa shape index (κ1) is 44.9. The minimum Gasteiger partial charge on any atom is -0.388 e. The molecular weight excluding hydrogens is 946 g/mol. The van der Waals surface area contributed by atoms with Crippen LogP contribution in [-0.2, 0) is 35.3 Å². The van der Waals surface area contributed by atoms with Crippen LogP contribution in [0.3, 0.4) is 0 Å². The molecule has 4 N–H and O–H groups in total. The normalized spacial score (nSPS) is 20.8. The summed E-state index contributed by atoms with van der Waals surface area (Å²) in [5.74, 6) is 1.22. The Bertz CT molecular complexity index is 3210. The number of aromatic nitrogens is 8. The highest BCUT2D eigenvalue weighted by Crippen LogP contribution is 2.40. The predicted molar refractivity (Wildman–Crippen MR) is 265 cm³/mol. The van der Waals surface area contributed by atoms with Gasteiger partial charge in [-0.3, -0.25) is 9.59 Å². The number of rotatable bonds is 7. The number of hydrogen-bond acceptors (Lipinski definition) is 15. The number of aliphatic hydroxyl groups excluding tert-OH is 2. The number of likely N-dealkylation sites (tertiary alicyclic amines) is 2. The number of pyridine rings is 2. The zero-order valence-corrected chi connectivity index (χ0v) is 40.5. The maximum absolute atomic E-state index is 13.3. The van der Waals surface area contributed by atoms with Crippen LogP contribution < -0.4 is 10.6 Å². The van der Waals surface area contributed by atoms with Crippen molar-refractivity contribution < 1.29 is 19.8 Å². The molecule has 2 amide bonds. The van der Waals surface area contributed by atoms with Gasteiger partial charge in [-0.2, -0.15) is 10.2 Å².